The lowest BCUT2D eigenvalue weighted by atomic mass is 9.93. The third-order valence-electron chi connectivity index (χ3n) is 7.42. The van der Waals surface area contributed by atoms with Gasteiger partial charge in [-0.15, -0.1) is 0 Å². The molecular formula is C30H27F3N4OS. The van der Waals surface area contributed by atoms with Crippen molar-refractivity contribution in [3.8, 4) is 17.1 Å². The maximum atomic E-state index is 13.7. The molecular weight excluding hydrogens is 521 g/mol. The highest BCUT2D eigenvalue weighted by molar-refractivity contribution is 8.00. The second-order valence-corrected chi connectivity index (χ2v) is 11.0. The van der Waals surface area contributed by atoms with Gasteiger partial charge in [-0.3, -0.25) is 4.72 Å². The van der Waals surface area contributed by atoms with Crippen LogP contribution in [0.4, 0.5) is 24.8 Å². The number of anilines is 2. The minimum absolute atomic E-state index is 0.128. The molecule has 1 unspecified atom stereocenters. The summed E-state index contributed by atoms with van der Waals surface area (Å²) in [6, 6.07) is 22.5. The lowest BCUT2D eigenvalue weighted by molar-refractivity contribution is -0.160. The number of aromatic nitrogens is 2. The Morgan fingerprint density at radius 1 is 0.923 bits per heavy atom. The molecule has 39 heavy (non-hydrogen) atoms. The first-order chi connectivity index (χ1) is 18.7. The molecule has 1 aliphatic heterocycles. The molecule has 4 aromatic rings. The highest BCUT2D eigenvalue weighted by Gasteiger charge is 2.64. The van der Waals surface area contributed by atoms with E-state index in [1.807, 2.05) is 62.4 Å². The molecule has 1 aliphatic carbocycles. The first kappa shape index (κ1) is 25.6. The van der Waals surface area contributed by atoms with E-state index in [2.05, 4.69) is 15.0 Å². The van der Waals surface area contributed by atoms with E-state index in [0.29, 0.717) is 23.9 Å². The highest BCUT2D eigenvalue weighted by Crippen LogP contribution is 2.58. The fourth-order valence-electron chi connectivity index (χ4n) is 5.11. The lowest BCUT2D eigenvalue weighted by Gasteiger charge is -2.24. The van der Waals surface area contributed by atoms with Crippen LogP contribution in [0.5, 0.6) is 5.88 Å². The summed E-state index contributed by atoms with van der Waals surface area (Å²) in [6.45, 7) is 4.47. The Morgan fingerprint density at radius 2 is 1.64 bits per heavy atom. The zero-order chi connectivity index (χ0) is 27.2. The van der Waals surface area contributed by atoms with E-state index < -0.39 is 17.7 Å². The number of benzene rings is 3. The van der Waals surface area contributed by atoms with Crippen LogP contribution in [-0.2, 0) is 5.41 Å². The molecule has 6 rings (SSSR count). The summed E-state index contributed by atoms with van der Waals surface area (Å²) < 4.78 is 50.8. The number of nitrogens with one attached hydrogen (secondary N) is 2. The van der Waals surface area contributed by atoms with Gasteiger partial charge < -0.3 is 10.1 Å². The molecule has 1 atom stereocenters. The summed E-state index contributed by atoms with van der Waals surface area (Å²) in [4.78, 5) is 10.4. The van der Waals surface area contributed by atoms with Crippen LogP contribution in [0.25, 0.3) is 11.3 Å². The molecule has 9 heteroatoms. The Labute approximate surface area is 229 Å². The zero-order valence-corrected chi connectivity index (χ0v) is 22.3. The summed E-state index contributed by atoms with van der Waals surface area (Å²) in [6.07, 6.45) is -4.51. The number of hydrogen-bond donors (Lipinski definition) is 2. The van der Waals surface area contributed by atoms with Crippen molar-refractivity contribution in [1.82, 2.24) is 9.97 Å². The van der Waals surface area contributed by atoms with Crippen LogP contribution in [0, 0.1) is 13.8 Å². The van der Waals surface area contributed by atoms with E-state index in [1.165, 1.54) is 11.9 Å². The van der Waals surface area contributed by atoms with Crippen molar-refractivity contribution >= 4 is 23.6 Å². The van der Waals surface area contributed by atoms with Gasteiger partial charge in [0.05, 0.1) is 17.7 Å². The number of nitrogens with zero attached hydrogens (tertiary/aromatic N) is 2. The van der Waals surface area contributed by atoms with Crippen molar-refractivity contribution in [3.63, 3.8) is 0 Å². The van der Waals surface area contributed by atoms with Crippen molar-refractivity contribution in [2.75, 3.05) is 16.6 Å². The number of ether oxygens (including phenoxy) is 1. The summed E-state index contributed by atoms with van der Waals surface area (Å²) in [5, 5.41) is 3.42. The van der Waals surface area contributed by atoms with Gasteiger partial charge in [0, 0.05) is 22.2 Å². The van der Waals surface area contributed by atoms with E-state index in [1.54, 1.807) is 24.3 Å². The lowest BCUT2D eigenvalue weighted by Crippen LogP contribution is -2.28. The second kappa shape index (κ2) is 9.79. The average Bonchev–Trinajstić information content (AvgIpc) is 3.72. The predicted molar refractivity (Wildman–Crippen MR) is 148 cm³/mol. The Morgan fingerprint density at radius 3 is 2.33 bits per heavy atom. The van der Waals surface area contributed by atoms with Gasteiger partial charge in [0.2, 0.25) is 11.8 Å². The second-order valence-electron chi connectivity index (χ2n) is 10.1. The van der Waals surface area contributed by atoms with Gasteiger partial charge in [-0.2, -0.15) is 18.2 Å². The Balaban J connectivity index is 1.40. The van der Waals surface area contributed by atoms with Crippen LogP contribution < -0.4 is 14.8 Å². The van der Waals surface area contributed by atoms with Crippen LogP contribution in [0.3, 0.4) is 0 Å². The van der Waals surface area contributed by atoms with Crippen molar-refractivity contribution in [1.29, 1.82) is 0 Å². The van der Waals surface area contributed by atoms with Gasteiger partial charge in [0.25, 0.3) is 0 Å². The quantitative estimate of drug-likeness (QED) is 0.253. The number of hydrogen-bond acceptors (Lipinski definition) is 6. The molecule has 1 aromatic heterocycles. The van der Waals surface area contributed by atoms with Crippen molar-refractivity contribution in [3.05, 3.63) is 95.1 Å². The van der Waals surface area contributed by atoms with Crippen LogP contribution in [0.1, 0.15) is 41.2 Å². The molecule has 0 saturated heterocycles. The van der Waals surface area contributed by atoms with Gasteiger partial charge in [0.15, 0.2) is 0 Å². The molecule has 0 spiro atoms. The van der Waals surface area contributed by atoms with Gasteiger partial charge >= 0.3 is 6.18 Å². The summed E-state index contributed by atoms with van der Waals surface area (Å²) in [7, 11) is 0. The van der Waals surface area contributed by atoms with Crippen molar-refractivity contribution in [2.24, 2.45) is 0 Å². The molecule has 2 N–H and O–H groups in total. The minimum atomic E-state index is -4.25. The molecule has 0 amide bonds. The Bertz CT molecular complexity index is 1500. The number of halogens is 3. The highest BCUT2D eigenvalue weighted by atomic mass is 32.2. The van der Waals surface area contributed by atoms with Crippen molar-refractivity contribution < 1.29 is 17.9 Å². The zero-order valence-electron chi connectivity index (χ0n) is 21.5. The molecule has 3 aromatic carbocycles. The van der Waals surface area contributed by atoms with E-state index in [9.17, 15) is 13.2 Å². The Kier molecular flexibility index (Phi) is 6.41. The average molecular weight is 549 g/mol. The third kappa shape index (κ3) is 5.03. The van der Waals surface area contributed by atoms with Gasteiger partial charge in [-0.05, 0) is 79.1 Å². The number of alkyl halides is 3. The fraction of sp³-hybridized carbons (Fsp3) is 0.267. The van der Waals surface area contributed by atoms with Gasteiger partial charge in [0.1, 0.15) is 6.10 Å². The molecule has 0 radical (unpaired) electrons. The first-order valence-corrected chi connectivity index (χ1v) is 13.6. The Hall–Kier alpha value is -3.72. The summed E-state index contributed by atoms with van der Waals surface area (Å²) in [5.74, 6) is 0.781. The third-order valence-corrected chi connectivity index (χ3v) is 8.19. The summed E-state index contributed by atoms with van der Waals surface area (Å²) >= 11 is 1.41. The topological polar surface area (TPSA) is 59.1 Å². The maximum absolute atomic E-state index is 13.7. The van der Waals surface area contributed by atoms with Gasteiger partial charge in [-0.1, -0.05) is 48.5 Å². The number of fused-ring (bicyclic) bond motifs is 4. The fourth-order valence-corrected chi connectivity index (χ4v) is 5.75. The van der Waals surface area contributed by atoms with E-state index in [-0.39, 0.29) is 12.8 Å². The van der Waals surface area contributed by atoms with Crippen LogP contribution in [0.2, 0.25) is 0 Å². The number of aryl methyl sites for hydroxylation is 2. The van der Waals surface area contributed by atoms with E-state index in [0.717, 1.165) is 38.5 Å². The molecule has 2 heterocycles. The molecule has 4 bridgehead atoms. The standard InChI is InChI=1S/C30H27F3N4OS/c1-18-5-3-6-19(2)27(18)24-16-26-36-28(35-24)37-39-23-8-4-7-22(15-23)34-17-25(38-26)20-9-11-21(12-10-20)29(13-14-29)30(31,32)33/h3-12,15-16,25,34H,13-14,17H2,1-2H3,(H,35,36,37). The molecule has 1 saturated carbocycles. The van der Waals surface area contributed by atoms with Crippen LogP contribution >= 0.6 is 11.9 Å². The monoisotopic (exact) mass is 548 g/mol. The first-order valence-electron chi connectivity index (χ1n) is 12.8. The summed E-state index contributed by atoms with van der Waals surface area (Å²) in [5.41, 5.74) is 4.15. The predicted octanol–water partition coefficient (Wildman–Crippen LogP) is 8.02. The van der Waals surface area contributed by atoms with Crippen LogP contribution in [-0.4, -0.2) is 22.7 Å². The molecule has 2 aliphatic rings. The molecule has 1 fully saturated rings. The SMILES string of the molecule is Cc1cccc(C)c1-c1cc2nc(n1)NSc1cccc(c1)NCC(c1ccc(C3(C(F)(F)F)CC3)cc1)O2. The number of rotatable bonds is 3. The van der Waals surface area contributed by atoms with Gasteiger partial charge in [-0.25, -0.2) is 4.98 Å². The molecule has 5 nitrogen and oxygen atoms in total. The smallest absolute Gasteiger partial charge is 0.398 e. The van der Waals surface area contributed by atoms with E-state index in [4.69, 9.17) is 9.72 Å². The largest absolute Gasteiger partial charge is 0.467 e. The van der Waals surface area contributed by atoms with E-state index >= 15 is 0 Å². The molecule has 200 valence electrons. The minimum Gasteiger partial charge on any atom is -0.467 e. The van der Waals surface area contributed by atoms with Crippen molar-refractivity contribution in [2.45, 2.75) is 49.3 Å². The van der Waals surface area contributed by atoms with Crippen LogP contribution in [0.15, 0.2) is 77.7 Å². The maximum Gasteiger partial charge on any atom is 0.398 e. The normalized spacial score (nSPS) is 18.0.